The zero-order chi connectivity index (χ0) is 44.5. The molecule has 0 aliphatic carbocycles. The first-order chi connectivity index (χ1) is 28.9. The van der Waals surface area contributed by atoms with Gasteiger partial charge in [0.25, 0.3) is 0 Å². The van der Waals surface area contributed by atoms with Crippen LogP contribution in [-0.4, -0.2) is 114 Å². The van der Waals surface area contributed by atoms with E-state index in [9.17, 15) is 24.0 Å². The molecular weight excluding hydrogens is 783 g/mol. The minimum atomic E-state index is -0.625. The van der Waals surface area contributed by atoms with Gasteiger partial charge in [0, 0.05) is 80.2 Å². The summed E-state index contributed by atoms with van der Waals surface area (Å²) >= 11 is 0. The molecule has 0 radical (unpaired) electrons. The number of piperidine rings is 2. The fraction of sp³-hybridized carbons (Fsp3) is 0.533. The Balaban J connectivity index is 0.000000232. The molecule has 0 spiro atoms. The van der Waals surface area contributed by atoms with E-state index in [0.717, 1.165) is 53.2 Å². The van der Waals surface area contributed by atoms with Crippen molar-refractivity contribution in [2.45, 2.75) is 103 Å². The number of benzene rings is 2. The lowest BCUT2D eigenvalue weighted by molar-refractivity contribution is -0.141. The van der Waals surface area contributed by atoms with Crippen molar-refractivity contribution in [3.05, 3.63) is 60.9 Å². The number of fused-ring (bicyclic) bond motifs is 2. The summed E-state index contributed by atoms with van der Waals surface area (Å²) in [6, 6.07) is 15.9. The van der Waals surface area contributed by atoms with Gasteiger partial charge in [0.15, 0.2) is 0 Å². The molecule has 6 rings (SSSR count). The number of carbonyl (C=O) groups is 5. The molecule has 2 aliphatic heterocycles. The predicted molar refractivity (Wildman–Crippen MR) is 235 cm³/mol. The van der Waals surface area contributed by atoms with Crippen LogP contribution < -0.4 is 16.0 Å². The van der Waals surface area contributed by atoms with Gasteiger partial charge in [0.1, 0.15) is 11.2 Å². The van der Waals surface area contributed by atoms with Crippen LogP contribution in [-0.2, 0) is 28.5 Å². The highest BCUT2D eigenvalue weighted by Gasteiger charge is 2.30. The number of nitrogens with two attached hydrogens (primary N) is 1. The van der Waals surface area contributed by atoms with E-state index in [1.165, 1.54) is 19.1 Å². The zero-order valence-corrected chi connectivity index (χ0v) is 36.9. The van der Waals surface area contributed by atoms with E-state index in [4.69, 9.17) is 19.9 Å². The van der Waals surface area contributed by atoms with Gasteiger partial charge >= 0.3 is 30.2 Å². The molecule has 4 aromatic rings. The van der Waals surface area contributed by atoms with Gasteiger partial charge in [-0.25, -0.2) is 14.4 Å². The number of esters is 2. The van der Waals surface area contributed by atoms with Crippen LogP contribution in [0.1, 0.15) is 92.2 Å². The van der Waals surface area contributed by atoms with Crippen molar-refractivity contribution in [2.75, 3.05) is 63.7 Å². The average Bonchev–Trinajstić information content (AvgIpc) is 3.86. The summed E-state index contributed by atoms with van der Waals surface area (Å²) in [6.07, 6.45) is 7.38. The fourth-order valence-electron chi connectivity index (χ4n) is 7.75. The Labute approximate surface area is 358 Å². The minimum Gasteiger partial charge on any atom is -0.469 e. The van der Waals surface area contributed by atoms with Gasteiger partial charge in [-0.05, 0) is 104 Å². The number of nitrogens with one attached hydrogen (secondary N) is 1. The second-order valence-corrected chi connectivity index (χ2v) is 17.4. The van der Waals surface area contributed by atoms with Crippen LogP contribution in [0.5, 0.6) is 0 Å². The SMILES string of the molecule is COC(=O)CCN(C(N)=O)c1cccc2c1ccn2C1CCN(C(=O)OC(C)(C)C)CC1.COC(=O)CCNc1cccc2c1ccn2C1CCN(C(=O)OC(C)(C)C)CC1. The summed E-state index contributed by atoms with van der Waals surface area (Å²) in [5.74, 6) is -0.628. The van der Waals surface area contributed by atoms with Crippen molar-refractivity contribution in [1.29, 1.82) is 0 Å². The summed E-state index contributed by atoms with van der Waals surface area (Å²) in [5.41, 5.74) is 8.42. The molecule has 4 amide bonds. The molecule has 0 unspecified atom stereocenters. The normalized spacial score (nSPS) is 15.1. The highest BCUT2D eigenvalue weighted by molar-refractivity contribution is 6.02. The monoisotopic (exact) mass is 845 g/mol. The Hall–Kier alpha value is -5.93. The van der Waals surface area contributed by atoms with Crippen LogP contribution in [0.25, 0.3) is 21.8 Å². The van der Waals surface area contributed by atoms with Gasteiger partial charge in [-0.15, -0.1) is 0 Å². The van der Waals surface area contributed by atoms with Crippen molar-refractivity contribution in [3.8, 4) is 0 Å². The molecule has 0 bridgehead atoms. The maximum atomic E-state index is 12.3. The molecule has 2 aliphatic rings. The van der Waals surface area contributed by atoms with Crippen molar-refractivity contribution in [3.63, 3.8) is 0 Å². The third-order valence-electron chi connectivity index (χ3n) is 10.7. The molecule has 332 valence electrons. The number of aromatic nitrogens is 2. The molecule has 2 saturated heterocycles. The smallest absolute Gasteiger partial charge is 0.410 e. The van der Waals surface area contributed by atoms with E-state index in [1.54, 1.807) is 9.80 Å². The maximum absolute atomic E-state index is 12.3. The minimum absolute atomic E-state index is 0.0552. The van der Waals surface area contributed by atoms with Crippen LogP contribution in [0.4, 0.5) is 25.8 Å². The molecule has 2 aromatic heterocycles. The molecule has 2 aromatic carbocycles. The standard InChI is InChI=1S/C23H32N4O5.C22H31N3O4/c1-23(2,3)32-22(30)25-12-8-16(9-13-25)26-14-10-17-18(26)6-5-7-19(17)27(21(24)29)15-11-20(28)31-4;1-22(2,3)29-21(27)24-13-9-16(10-14-24)25-15-11-17-18(6-5-7-19(17)25)23-12-8-20(26)28-4/h5-7,10,14,16H,8-9,11-13,15H2,1-4H3,(H2,24,29);5-7,11,15-16,23H,8-10,12-14H2,1-4H3. The molecule has 16 heteroatoms. The summed E-state index contributed by atoms with van der Waals surface area (Å²) in [4.78, 5) is 64.6. The summed E-state index contributed by atoms with van der Waals surface area (Å²) in [7, 11) is 2.71. The second kappa shape index (κ2) is 20.1. The number of hydrogen-bond donors (Lipinski definition) is 2. The first-order valence-corrected chi connectivity index (χ1v) is 21.0. The Kier molecular flexibility index (Phi) is 15.2. The van der Waals surface area contributed by atoms with Crippen LogP contribution in [0.3, 0.4) is 0 Å². The van der Waals surface area contributed by atoms with Crippen molar-refractivity contribution in [2.24, 2.45) is 5.73 Å². The van der Waals surface area contributed by atoms with Crippen LogP contribution in [0, 0.1) is 0 Å². The largest absolute Gasteiger partial charge is 0.469 e. The van der Waals surface area contributed by atoms with Gasteiger partial charge in [-0.3, -0.25) is 14.5 Å². The zero-order valence-electron chi connectivity index (χ0n) is 36.9. The van der Waals surface area contributed by atoms with E-state index in [1.807, 2.05) is 84.1 Å². The van der Waals surface area contributed by atoms with Gasteiger partial charge in [0.2, 0.25) is 0 Å². The van der Waals surface area contributed by atoms with Gasteiger partial charge in [-0.2, -0.15) is 0 Å². The lowest BCUT2D eigenvalue weighted by Gasteiger charge is -2.34. The third-order valence-corrected chi connectivity index (χ3v) is 10.7. The molecule has 16 nitrogen and oxygen atoms in total. The number of ether oxygens (including phenoxy) is 4. The van der Waals surface area contributed by atoms with Crippen molar-refractivity contribution < 1.29 is 42.9 Å². The molecule has 61 heavy (non-hydrogen) atoms. The molecule has 0 saturated carbocycles. The summed E-state index contributed by atoms with van der Waals surface area (Å²) in [5, 5.41) is 5.34. The topological polar surface area (TPSA) is 180 Å². The van der Waals surface area contributed by atoms with Crippen LogP contribution >= 0.6 is 0 Å². The number of methoxy groups -OCH3 is 2. The van der Waals surface area contributed by atoms with E-state index >= 15 is 0 Å². The molecule has 4 heterocycles. The molecule has 3 N–H and O–H groups in total. The van der Waals surface area contributed by atoms with E-state index in [2.05, 4.69) is 37.5 Å². The average molecular weight is 846 g/mol. The number of amides is 4. The third kappa shape index (κ3) is 12.3. The van der Waals surface area contributed by atoms with Crippen molar-refractivity contribution in [1.82, 2.24) is 18.9 Å². The lowest BCUT2D eigenvalue weighted by Crippen LogP contribution is -2.42. The number of likely N-dealkylation sites (tertiary alicyclic amines) is 2. The Morgan fingerprint density at radius 2 is 1.13 bits per heavy atom. The number of hydrogen-bond acceptors (Lipinski definition) is 10. The Morgan fingerprint density at radius 3 is 1.61 bits per heavy atom. The van der Waals surface area contributed by atoms with E-state index in [-0.39, 0.29) is 37.2 Å². The Morgan fingerprint density at radius 1 is 0.672 bits per heavy atom. The van der Waals surface area contributed by atoms with Crippen LogP contribution in [0.15, 0.2) is 60.9 Å². The quantitative estimate of drug-likeness (QED) is 0.118. The van der Waals surface area contributed by atoms with Crippen molar-refractivity contribution >= 4 is 63.3 Å². The highest BCUT2D eigenvalue weighted by atomic mass is 16.6. The summed E-state index contributed by atoms with van der Waals surface area (Å²) in [6.45, 7) is 14.5. The first kappa shape index (κ1) is 46.1. The number of rotatable bonds is 10. The molecular formula is C45H63N7O9. The maximum Gasteiger partial charge on any atom is 0.410 e. The van der Waals surface area contributed by atoms with Gasteiger partial charge < -0.3 is 48.9 Å². The van der Waals surface area contributed by atoms with Gasteiger partial charge in [0.05, 0.1) is 43.8 Å². The number of primary amides is 1. The number of carbonyl (C=O) groups excluding carboxylic acids is 5. The number of anilines is 2. The second-order valence-electron chi connectivity index (χ2n) is 17.4. The summed E-state index contributed by atoms with van der Waals surface area (Å²) < 4.78 is 24.8. The lowest BCUT2D eigenvalue weighted by atomic mass is 10.0. The van der Waals surface area contributed by atoms with Crippen LogP contribution in [0.2, 0.25) is 0 Å². The fourth-order valence-corrected chi connectivity index (χ4v) is 7.75. The number of urea groups is 1. The Bertz CT molecular complexity index is 2150. The molecule has 2 fully saturated rings. The number of nitrogens with zero attached hydrogens (tertiary/aromatic N) is 5. The van der Waals surface area contributed by atoms with E-state index < -0.39 is 23.2 Å². The molecule has 0 atom stereocenters. The predicted octanol–water partition coefficient (Wildman–Crippen LogP) is 7.85. The van der Waals surface area contributed by atoms with E-state index in [0.29, 0.717) is 50.9 Å². The highest BCUT2D eigenvalue weighted by Crippen LogP contribution is 2.34. The van der Waals surface area contributed by atoms with Gasteiger partial charge in [-0.1, -0.05) is 12.1 Å². The first-order valence-electron chi connectivity index (χ1n) is 21.0.